The highest BCUT2D eigenvalue weighted by Gasteiger charge is 2.04. The molecule has 0 unspecified atom stereocenters. The Morgan fingerprint density at radius 1 is 1.33 bits per heavy atom. The number of aryl methyl sites for hydroxylation is 1. The van der Waals surface area contributed by atoms with Crippen LogP contribution in [0.5, 0.6) is 0 Å². The molecule has 0 saturated heterocycles. The van der Waals surface area contributed by atoms with Gasteiger partial charge < -0.3 is 10.6 Å². The fourth-order valence-corrected chi connectivity index (χ4v) is 1.42. The first kappa shape index (κ1) is 14.3. The molecule has 0 heterocycles. The Hall–Kier alpha value is -1.77. The number of amides is 2. The summed E-state index contributed by atoms with van der Waals surface area (Å²) < 4.78 is 0. The van der Waals surface area contributed by atoms with Gasteiger partial charge in [0.25, 0.3) is 0 Å². The van der Waals surface area contributed by atoms with Crippen molar-refractivity contribution in [1.82, 2.24) is 10.6 Å². The summed E-state index contributed by atoms with van der Waals surface area (Å²) in [6, 6.07) is 7.90. The fraction of sp³-hybridized carbons (Fsp3) is 0.400. The summed E-state index contributed by atoms with van der Waals surface area (Å²) in [6.45, 7) is 8.81. The lowest BCUT2D eigenvalue weighted by molar-refractivity contribution is 0.243. The number of rotatable bonds is 3. The van der Waals surface area contributed by atoms with Gasteiger partial charge in [-0.25, -0.2) is 4.79 Å². The van der Waals surface area contributed by atoms with Crippen molar-refractivity contribution in [2.75, 3.05) is 0 Å². The first-order chi connectivity index (χ1) is 8.37. The third kappa shape index (κ3) is 6.09. The second kappa shape index (κ2) is 6.24. The number of urea groups is 1. The molecule has 0 aromatic heterocycles. The van der Waals surface area contributed by atoms with Crippen LogP contribution in [0.1, 0.15) is 31.9 Å². The number of hydrogen-bond acceptors (Lipinski definition) is 1. The molecule has 0 spiro atoms. The van der Waals surface area contributed by atoms with Crippen LogP contribution in [0.3, 0.4) is 0 Å². The number of benzene rings is 1. The molecule has 18 heavy (non-hydrogen) atoms. The minimum absolute atomic E-state index is 0.0732. The Balaban J connectivity index is 2.36. The van der Waals surface area contributed by atoms with E-state index >= 15 is 0 Å². The van der Waals surface area contributed by atoms with Crippen molar-refractivity contribution in [3.8, 4) is 0 Å². The number of allylic oxidation sites excluding steroid dienone is 1. The normalized spacial score (nSPS) is 11.6. The molecule has 0 aliphatic heterocycles. The fourth-order valence-electron chi connectivity index (χ4n) is 1.42. The summed E-state index contributed by atoms with van der Waals surface area (Å²) in [5.41, 5.74) is 2.37. The van der Waals surface area contributed by atoms with Crippen LogP contribution in [-0.2, 0) is 6.54 Å². The van der Waals surface area contributed by atoms with Gasteiger partial charge in [0.05, 0.1) is 0 Å². The summed E-state index contributed by atoms with van der Waals surface area (Å²) in [4.78, 5) is 11.5. The van der Waals surface area contributed by atoms with Gasteiger partial charge in [-0.05, 0) is 17.9 Å². The monoisotopic (exact) mass is 246 g/mol. The van der Waals surface area contributed by atoms with Crippen molar-refractivity contribution < 1.29 is 4.79 Å². The molecular weight excluding hydrogens is 224 g/mol. The van der Waals surface area contributed by atoms with Gasteiger partial charge in [0.2, 0.25) is 0 Å². The van der Waals surface area contributed by atoms with Gasteiger partial charge in [-0.1, -0.05) is 56.7 Å². The number of carbonyl (C=O) groups is 1. The minimum Gasteiger partial charge on any atom is -0.334 e. The second-order valence-corrected chi connectivity index (χ2v) is 5.52. The summed E-state index contributed by atoms with van der Waals surface area (Å²) in [5, 5.41) is 5.50. The molecule has 1 aromatic rings. The van der Waals surface area contributed by atoms with Crippen LogP contribution in [-0.4, -0.2) is 6.03 Å². The van der Waals surface area contributed by atoms with Crippen LogP contribution >= 0.6 is 0 Å². The van der Waals surface area contributed by atoms with E-state index in [-0.39, 0.29) is 11.4 Å². The van der Waals surface area contributed by atoms with Gasteiger partial charge in [-0.2, -0.15) is 0 Å². The zero-order valence-corrected chi connectivity index (χ0v) is 11.6. The molecule has 0 fully saturated rings. The van der Waals surface area contributed by atoms with E-state index in [0.717, 1.165) is 5.56 Å². The van der Waals surface area contributed by atoms with Crippen LogP contribution in [0.25, 0.3) is 0 Å². The molecular formula is C15H22N2O. The van der Waals surface area contributed by atoms with Crippen LogP contribution in [0.15, 0.2) is 36.5 Å². The van der Waals surface area contributed by atoms with Crippen molar-refractivity contribution in [3.05, 3.63) is 47.7 Å². The lowest BCUT2D eigenvalue weighted by Gasteiger charge is -2.11. The van der Waals surface area contributed by atoms with Gasteiger partial charge in [0.1, 0.15) is 0 Å². The molecule has 1 rings (SSSR count). The molecule has 1 aromatic carbocycles. The zero-order chi connectivity index (χ0) is 13.6. The van der Waals surface area contributed by atoms with Gasteiger partial charge in [-0.15, -0.1) is 0 Å². The van der Waals surface area contributed by atoms with E-state index in [2.05, 4.69) is 37.5 Å². The quantitative estimate of drug-likeness (QED) is 0.843. The van der Waals surface area contributed by atoms with E-state index in [4.69, 9.17) is 0 Å². The Labute approximate surface area is 109 Å². The van der Waals surface area contributed by atoms with E-state index in [1.807, 2.05) is 31.2 Å². The molecule has 0 radical (unpaired) electrons. The first-order valence-corrected chi connectivity index (χ1v) is 6.14. The van der Waals surface area contributed by atoms with E-state index in [9.17, 15) is 4.79 Å². The summed E-state index contributed by atoms with van der Waals surface area (Å²) in [6.07, 6.45) is 3.64. The van der Waals surface area contributed by atoms with Crippen LogP contribution < -0.4 is 10.6 Å². The van der Waals surface area contributed by atoms with E-state index in [0.29, 0.717) is 6.54 Å². The SMILES string of the molecule is Cc1cccc(CNC(=O)N/C=C/C(C)(C)C)c1. The highest BCUT2D eigenvalue weighted by Crippen LogP contribution is 2.13. The summed E-state index contributed by atoms with van der Waals surface area (Å²) >= 11 is 0. The molecule has 2 N–H and O–H groups in total. The molecule has 0 atom stereocenters. The highest BCUT2D eigenvalue weighted by atomic mass is 16.2. The van der Waals surface area contributed by atoms with Crippen LogP contribution in [0.4, 0.5) is 4.79 Å². The third-order valence-electron chi connectivity index (χ3n) is 2.33. The molecule has 0 aliphatic carbocycles. The lowest BCUT2D eigenvalue weighted by atomic mass is 9.97. The van der Waals surface area contributed by atoms with E-state index in [1.54, 1.807) is 6.20 Å². The molecule has 98 valence electrons. The van der Waals surface area contributed by atoms with Crippen LogP contribution in [0, 0.1) is 12.3 Å². The van der Waals surface area contributed by atoms with Crippen molar-refractivity contribution in [1.29, 1.82) is 0 Å². The molecule has 0 aliphatic rings. The average Bonchev–Trinajstić information content (AvgIpc) is 2.25. The second-order valence-electron chi connectivity index (χ2n) is 5.52. The number of hydrogen-bond donors (Lipinski definition) is 2. The van der Waals surface area contributed by atoms with E-state index in [1.165, 1.54) is 5.56 Å². The van der Waals surface area contributed by atoms with Crippen molar-refractivity contribution in [2.24, 2.45) is 5.41 Å². The van der Waals surface area contributed by atoms with Gasteiger partial charge >= 0.3 is 6.03 Å². The van der Waals surface area contributed by atoms with Crippen molar-refractivity contribution >= 4 is 6.03 Å². The Morgan fingerprint density at radius 2 is 2.06 bits per heavy atom. The van der Waals surface area contributed by atoms with Gasteiger partial charge in [0.15, 0.2) is 0 Å². The third-order valence-corrected chi connectivity index (χ3v) is 2.33. The smallest absolute Gasteiger partial charge is 0.319 e. The molecule has 0 saturated carbocycles. The van der Waals surface area contributed by atoms with Gasteiger partial charge in [0, 0.05) is 12.7 Å². The Kier molecular flexibility index (Phi) is 4.95. The maximum atomic E-state index is 11.5. The first-order valence-electron chi connectivity index (χ1n) is 6.14. The van der Waals surface area contributed by atoms with Gasteiger partial charge in [-0.3, -0.25) is 0 Å². The maximum Gasteiger partial charge on any atom is 0.319 e. The summed E-state index contributed by atoms with van der Waals surface area (Å²) in [5.74, 6) is 0. The van der Waals surface area contributed by atoms with Crippen LogP contribution in [0.2, 0.25) is 0 Å². The zero-order valence-electron chi connectivity index (χ0n) is 11.6. The van der Waals surface area contributed by atoms with Crippen molar-refractivity contribution in [2.45, 2.75) is 34.2 Å². The summed E-state index contributed by atoms with van der Waals surface area (Å²) in [7, 11) is 0. The van der Waals surface area contributed by atoms with Crippen molar-refractivity contribution in [3.63, 3.8) is 0 Å². The standard InChI is InChI=1S/C15H22N2O/c1-12-6-5-7-13(10-12)11-17-14(18)16-9-8-15(2,3)4/h5-10H,11H2,1-4H3,(H2,16,17,18)/b9-8+. The Morgan fingerprint density at radius 3 is 2.67 bits per heavy atom. The Bertz CT molecular complexity index is 430. The minimum atomic E-state index is -0.183. The number of nitrogens with one attached hydrogen (secondary N) is 2. The van der Waals surface area contributed by atoms with E-state index < -0.39 is 0 Å². The largest absolute Gasteiger partial charge is 0.334 e. The predicted molar refractivity (Wildman–Crippen MR) is 75.1 cm³/mol. The highest BCUT2D eigenvalue weighted by molar-refractivity contribution is 5.74. The maximum absolute atomic E-state index is 11.5. The topological polar surface area (TPSA) is 41.1 Å². The number of carbonyl (C=O) groups excluding carboxylic acids is 1. The molecule has 3 nitrogen and oxygen atoms in total. The molecule has 3 heteroatoms. The lowest BCUT2D eigenvalue weighted by Crippen LogP contribution is -2.31. The predicted octanol–water partition coefficient (Wildman–Crippen LogP) is 3.35. The average molecular weight is 246 g/mol. The molecule has 2 amide bonds. The molecule has 0 bridgehead atoms.